The SMILES string of the molecule is Cc1c[nH]c(=O)n1-c1ccc(C(=O)N2C3COCC2CC(=O)C3)cc1. The highest BCUT2D eigenvalue weighted by molar-refractivity contribution is 5.96. The van der Waals surface area contributed by atoms with Crippen molar-refractivity contribution in [2.75, 3.05) is 13.2 Å². The molecular weight excluding hydrogens is 322 g/mol. The van der Waals surface area contributed by atoms with Crippen LogP contribution in [0.5, 0.6) is 0 Å². The van der Waals surface area contributed by atoms with Gasteiger partial charge in [0.05, 0.1) is 31.0 Å². The zero-order valence-corrected chi connectivity index (χ0v) is 13.9. The van der Waals surface area contributed by atoms with Crippen molar-refractivity contribution < 1.29 is 14.3 Å². The molecule has 0 saturated carbocycles. The van der Waals surface area contributed by atoms with E-state index >= 15 is 0 Å². The summed E-state index contributed by atoms with van der Waals surface area (Å²) >= 11 is 0. The van der Waals surface area contributed by atoms with E-state index in [0.29, 0.717) is 37.3 Å². The summed E-state index contributed by atoms with van der Waals surface area (Å²) < 4.78 is 7.06. The van der Waals surface area contributed by atoms with E-state index in [2.05, 4.69) is 4.98 Å². The second kappa shape index (κ2) is 6.00. The van der Waals surface area contributed by atoms with Crippen molar-refractivity contribution in [3.8, 4) is 5.69 Å². The van der Waals surface area contributed by atoms with Gasteiger partial charge in [0, 0.05) is 30.3 Å². The van der Waals surface area contributed by atoms with Gasteiger partial charge in [-0.05, 0) is 31.2 Å². The normalized spacial score (nSPS) is 22.9. The van der Waals surface area contributed by atoms with Crippen molar-refractivity contribution >= 4 is 11.7 Å². The second-order valence-corrected chi connectivity index (χ2v) is 6.62. The summed E-state index contributed by atoms with van der Waals surface area (Å²) in [7, 11) is 0. The Morgan fingerprint density at radius 3 is 2.32 bits per heavy atom. The number of imidazole rings is 1. The number of aromatic amines is 1. The number of nitrogens with zero attached hydrogens (tertiary/aromatic N) is 2. The average Bonchev–Trinajstić information content (AvgIpc) is 2.92. The number of H-pyrrole nitrogens is 1. The van der Waals surface area contributed by atoms with Gasteiger partial charge in [0.1, 0.15) is 5.78 Å². The van der Waals surface area contributed by atoms with Crippen molar-refractivity contribution in [1.82, 2.24) is 14.5 Å². The quantitative estimate of drug-likeness (QED) is 0.885. The van der Waals surface area contributed by atoms with E-state index in [1.807, 2.05) is 6.92 Å². The molecule has 1 N–H and O–H groups in total. The van der Waals surface area contributed by atoms with E-state index in [1.54, 1.807) is 39.9 Å². The third-order valence-electron chi connectivity index (χ3n) is 4.90. The van der Waals surface area contributed by atoms with Gasteiger partial charge in [-0.1, -0.05) is 0 Å². The molecule has 25 heavy (non-hydrogen) atoms. The van der Waals surface area contributed by atoms with Crippen LogP contribution in [0.2, 0.25) is 0 Å². The van der Waals surface area contributed by atoms with E-state index in [1.165, 1.54) is 0 Å². The molecule has 2 aliphatic rings. The fraction of sp³-hybridized carbons (Fsp3) is 0.389. The summed E-state index contributed by atoms with van der Waals surface area (Å²) in [6, 6.07) is 6.62. The molecule has 2 aromatic rings. The fourth-order valence-electron chi connectivity index (χ4n) is 3.73. The Bertz CT molecular complexity index is 864. The maximum absolute atomic E-state index is 12.9. The zero-order valence-electron chi connectivity index (χ0n) is 13.9. The number of Topliss-reactive ketones (excluding diaryl/α,β-unsaturated/α-hetero) is 1. The Kier molecular flexibility index (Phi) is 3.80. The summed E-state index contributed by atoms with van der Waals surface area (Å²) in [4.78, 5) is 41.0. The number of carbonyl (C=O) groups is 2. The van der Waals surface area contributed by atoms with Crippen molar-refractivity contribution in [3.63, 3.8) is 0 Å². The first-order valence-corrected chi connectivity index (χ1v) is 8.34. The van der Waals surface area contributed by atoms with Crippen molar-refractivity contribution in [2.45, 2.75) is 31.8 Å². The van der Waals surface area contributed by atoms with Crippen LogP contribution in [0.4, 0.5) is 0 Å². The van der Waals surface area contributed by atoms with E-state index in [4.69, 9.17) is 4.74 Å². The molecule has 1 aromatic carbocycles. The number of piperidine rings is 1. The number of carbonyl (C=O) groups excluding carboxylic acids is 2. The molecule has 7 heteroatoms. The average molecular weight is 341 g/mol. The standard InChI is InChI=1S/C18H19N3O4/c1-11-8-19-18(24)20(11)13-4-2-12(3-5-13)17(23)21-14-6-16(22)7-15(21)10-25-9-14/h2-5,8,14-15H,6-7,9-10H2,1H3,(H,19,24). The molecule has 2 fully saturated rings. The van der Waals surface area contributed by atoms with E-state index < -0.39 is 0 Å². The van der Waals surface area contributed by atoms with Crippen molar-refractivity contribution in [2.24, 2.45) is 0 Å². The number of ketones is 1. The summed E-state index contributed by atoms with van der Waals surface area (Å²) in [5.74, 6) is 0.107. The van der Waals surface area contributed by atoms with Gasteiger partial charge < -0.3 is 14.6 Å². The first kappa shape index (κ1) is 15.8. The predicted octanol–water partition coefficient (Wildman–Crippen LogP) is 1.05. The number of nitrogens with one attached hydrogen (secondary N) is 1. The van der Waals surface area contributed by atoms with Crippen LogP contribution in [0.3, 0.4) is 0 Å². The van der Waals surface area contributed by atoms with Gasteiger partial charge in [-0.15, -0.1) is 0 Å². The molecule has 0 aliphatic carbocycles. The van der Waals surface area contributed by atoms with Gasteiger partial charge in [0.15, 0.2) is 0 Å². The van der Waals surface area contributed by atoms with Gasteiger partial charge in [0.25, 0.3) is 5.91 Å². The third kappa shape index (κ3) is 2.70. The van der Waals surface area contributed by atoms with Crippen LogP contribution in [0.1, 0.15) is 28.9 Å². The van der Waals surface area contributed by atoms with Crippen LogP contribution < -0.4 is 5.69 Å². The summed E-state index contributed by atoms with van der Waals surface area (Å²) in [5.41, 5.74) is 1.84. The van der Waals surface area contributed by atoms with Gasteiger partial charge in [-0.2, -0.15) is 0 Å². The molecule has 1 amide bonds. The number of aromatic nitrogens is 2. The lowest BCUT2D eigenvalue weighted by Crippen LogP contribution is -2.59. The summed E-state index contributed by atoms with van der Waals surface area (Å²) in [6.45, 7) is 2.65. The highest BCUT2D eigenvalue weighted by Gasteiger charge is 2.41. The molecule has 2 atom stereocenters. The minimum Gasteiger partial charge on any atom is -0.377 e. The number of hydrogen-bond acceptors (Lipinski definition) is 4. The minimum absolute atomic E-state index is 0.0875. The Labute approximate surface area is 144 Å². The molecule has 2 bridgehead atoms. The zero-order chi connectivity index (χ0) is 17.6. The van der Waals surface area contributed by atoms with Gasteiger partial charge in [-0.3, -0.25) is 14.2 Å². The molecule has 7 nitrogen and oxygen atoms in total. The lowest BCUT2D eigenvalue weighted by molar-refractivity contribution is -0.131. The topological polar surface area (TPSA) is 84.4 Å². The molecular formula is C18H19N3O4. The lowest BCUT2D eigenvalue weighted by atomic mass is 9.92. The van der Waals surface area contributed by atoms with Crippen LogP contribution in [0.15, 0.2) is 35.3 Å². The highest BCUT2D eigenvalue weighted by atomic mass is 16.5. The molecule has 4 rings (SSSR count). The number of hydrogen-bond donors (Lipinski definition) is 1. The number of amides is 1. The predicted molar refractivity (Wildman–Crippen MR) is 89.9 cm³/mol. The number of benzene rings is 1. The smallest absolute Gasteiger partial charge is 0.330 e. The maximum Gasteiger partial charge on any atom is 0.330 e. The molecule has 2 saturated heterocycles. The first-order chi connectivity index (χ1) is 12.0. The number of morpholine rings is 1. The van der Waals surface area contributed by atoms with Crippen molar-refractivity contribution in [1.29, 1.82) is 0 Å². The molecule has 2 aliphatic heterocycles. The molecule has 0 spiro atoms. The van der Waals surface area contributed by atoms with Gasteiger partial charge >= 0.3 is 5.69 Å². The van der Waals surface area contributed by atoms with Crippen LogP contribution >= 0.6 is 0 Å². The Morgan fingerprint density at radius 2 is 1.76 bits per heavy atom. The fourth-order valence-corrected chi connectivity index (χ4v) is 3.73. The first-order valence-electron chi connectivity index (χ1n) is 8.34. The van der Waals surface area contributed by atoms with E-state index in [0.717, 1.165) is 5.69 Å². The maximum atomic E-state index is 12.9. The van der Waals surface area contributed by atoms with Crippen molar-refractivity contribution in [3.05, 3.63) is 52.2 Å². The van der Waals surface area contributed by atoms with Crippen LogP contribution in [-0.2, 0) is 9.53 Å². The summed E-state index contributed by atoms with van der Waals surface area (Å²) in [5, 5.41) is 0. The third-order valence-corrected chi connectivity index (χ3v) is 4.90. The number of ether oxygens (including phenoxy) is 1. The number of rotatable bonds is 2. The molecule has 0 radical (unpaired) electrons. The largest absolute Gasteiger partial charge is 0.377 e. The molecule has 3 heterocycles. The Balaban J connectivity index is 1.61. The second-order valence-electron chi connectivity index (χ2n) is 6.62. The van der Waals surface area contributed by atoms with Crippen LogP contribution in [0.25, 0.3) is 5.69 Å². The lowest BCUT2D eigenvalue weighted by Gasteiger charge is -2.45. The van der Waals surface area contributed by atoms with Crippen LogP contribution in [-0.4, -0.2) is 51.4 Å². The monoisotopic (exact) mass is 341 g/mol. The van der Waals surface area contributed by atoms with Crippen LogP contribution in [0, 0.1) is 6.92 Å². The Morgan fingerprint density at radius 1 is 1.12 bits per heavy atom. The van der Waals surface area contributed by atoms with Gasteiger partial charge in [0.2, 0.25) is 0 Å². The highest BCUT2D eigenvalue weighted by Crippen LogP contribution is 2.27. The molecule has 1 aromatic heterocycles. The molecule has 2 unspecified atom stereocenters. The van der Waals surface area contributed by atoms with E-state index in [9.17, 15) is 14.4 Å². The van der Waals surface area contributed by atoms with Gasteiger partial charge in [-0.25, -0.2) is 4.79 Å². The summed E-state index contributed by atoms with van der Waals surface area (Å²) in [6.07, 6.45) is 2.36. The number of fused-ring (bicyclic) bond motifs is 2. The minimum atomic E-state index is -0.210. The molecule has 130 valence electrons. The Hall–Kier alpha value is -2.67. The number of aryl methyl sites for hydroxylation is 1. The van der Waals surface area contributed by atoms with E-state index in [-0.39, 0.29) is 29.5 Å².